The number of aliphatic imine (C=N–C) groups is 1. The van der Waals surface area contributed by atoms with Gasteiger partial charge in [0.05, 0.1) is 12.7 Å². The average molecular weight is 341 g/mol. The van der Waals surface area contributed by atoms with E-state index in [1.165, 1.54) is 7.11 Å². The Morgan fingerprint density at radius 2 is 2.23 bits per heavy atom. The summed E-state index contributed by atoms with van der Waals surface area (Å²) in [5, 5.41) is 1.27. The molecule has 6 heteroatoms. The maximum absolute atomic E-state index is 12.5. The molecule has 1 aromatic carbocycles. The quantitative estimate of drug-likeness (QED) is 0.828. The fraction of sp³-hybridized carbons (Fsp3) is 0.500. The Morgan fingerprint density at radius 1 is 1.50 bits per heavy atom. The molecule has 22 heavy (non-hydrogen) atoms. The van der Waals surface area contributed by atoms with E-state index >= 15 is 0 Å². The lowest BCUT2D eigenvalue weighted by Crippen LogP contribution is -2.29. The number of methoxy groups -OCH3 is 1. The van der Waals surface area contributed by atoms with Crippen molar-refractivity contribution in [1.29, 1.82) is 0 Å². The highest BCUT2D eigenvalue weighted by Gasteiger charge is 2.35. The molecule has 0 aliphatic carbocycles. The molecule has 1 fully saturated rings. The highest BCUT2D eigenvalue weighted by molar-refractivity contribution is 8.15. The molecule has 0 N–H and O–H groups in total. The van der Waals surface area contributed by atoms with Crippen LogP contribution in [0.25, 0.3) is 0 Å². The third-order valence-electron chi connectivity index (χ3n) is 3.29. The molecule has 1 saturated heterocycles. The minimum Gasteiger partial charge on any atom is -0.496 e. The molecule has 0 aromatic heterocycles. The van der Waals surface area contributed by atoms with Crippen LogP contribution in [0.2, 0.25) is 5.02 Å². The van der Waals surface area contributed by atoms with E-state index in [0.717, 1.165) is 24.7 Å². The Labute approximate surface area is 140 Å². The predicted octanol–water partition coefficient (Wildman–Crippen LogP) is 4.08. The molecule has 0 radical (unpaired) electrons. The van der Waals surface area contributed by atoms with Gasteiger partial charge in [0.1, 0.15) is 5.75 Å². The molecule has 1 aromatic rings. The summed E-state index contributed by atoms with van der Waals surface area (Å²) in [5.74, 6) is 0.170. The molecular formula is C16H21ClN2O2S. The summed E-state index contributed by atoms with van der Waals surface area (Å²) in [6.07, 6.45) is 1.02. The van der Waals surface area contributed by atoms with Gasteiger partial charge in [0, 0.05) is 22.9 Å². The van der Waals surface area contributed by atoms with Crippen molar-refractivity contribution in [3.8, 4) is 5.75 Å². The van der Waals surface area contributed by atoms with Crippen LogP contribution in [0.3, 0.4) is 0 Å². The topological polar surface area (TPSA) is 41.9 Å². The van der Waals surface area contributed by atoms with Gasteiger partial charge in [-0.2, -0.15) is 4.99 Å². The lowest BCUT2D eigenvalue weighted by molar-refractivity contribution is 0.0999. The van der Waals surface area contributed by atoms with Gasteiger partial charge in [-0.05, 0) is 38.5 Å². The Bertz CT molecular complexity index is 602. The molecular weight excluding hydrogens is 320 g/mol. The first-order chi connectivity index (χ1) is 10.4. The van der Waals surface area contributed by atoms with Crippen molar-refractivity contribution in [1.82, 2.24) is 4.90 Å². The number of nitrogens with zero attached hydrogens (tertiary/aromatic N) is 2. The number of halogens is 1. The van der Waals surface area contributed by atoms with Gasteiger partial charge < -0.3 is 9.64 Å². The fourth-order valence-corrected chi connectivity index (χ4v) is 3.70. The standard InChI is InChI=1S/C16H21ClN2O2S/c1-5-8-19-10-16(2,3)22-15(19)18-14(20)12-9-11(17)6-7-13(12)21-4/h6-7,9H,5,8,10H2,1-4H3/b18-15-. The smallest absolute Gasteiger partial charge is 0.283 e. The van der Waals surface area contributed by atoms with Crippen LogP contribution in [0.15, 0.2) is 23.2 Å². The maximum Gasteiger partial charge on any atom is 0.283 e. The molecule has 120 valence electrons. The molecule has 1 aliphatic rings. The monoisotopic (exact) mass is 340 g/mol. The van der Waals surface area contributed by atoms with Gasteiger partial charge in [0.2, 0.25) is 0 Å². The molecule has 0 saturated carbocycles. The lowest BCUT2D eigenvalue weighted by atomic mass is 10.2. The fourth-order valence-electron chi connectivity index (χ4n) is 2.40. The first-order valence-electron chi connectivity index (χ1n) is 7.27. The number of ether oxygens (including phenoxy) is 1. The number of carbonyl (C=O) groups is 1. The zero-order chi connectivity index (χ0) is 16.3. The van der Waals surface area contributed by atoms with Gasteiger partial charge in [-0.25, -0.2) is 0 Å². The summed E-state index contributed by atoms with van der Waals surface area (Å²) in [6.45, 7) is 8.23. The van der Waals surface area contributed by atoms with E-state index in [2.05, 4.69) is 30.7 Å². The number of rotatable bonds is 4. The molecule has 0 unspecified atom stereocenters. The molecule has 0 bridgehead atoms. The Balaban J connectivity index is 2.31. The van der Waals surface area contributed by atoms with Gasteiger partial charge in [-0.3, -0.25) is 4.79 Å². The predicted molar refractivity (Wildman–Crippen MR) is 93.3 cm³/mol. The molecule has 1 amide bonds. The van der Waals surface area contributed by atoms with Gasteiger partial charge in [-0.15, -0.1) is 0 Å². The number of amides is 1. The van der Waals surface area contributed by atoms with Crippen molar-refractivity contribution >= 4 is 34.4 Å². The van der Waals surface area contributed by atoms with Gasteiger partial charge in [-0.1, -0.05) is 30.3 Å². The van der Waals surface area contributed by atoms with E-state index in [4.69, 9.17) is 16.3 Å². The van der Waals surface area contributed by atoms with Crippen molar-refractivity contribution < 1.29 is 9.53 Å². The Kier molecular flexibility index (Phi) is 5.40. The van der Waals surface area contributed by atoms with Crippen LogP contribution in [0, 0.1) is 0 Å². The average Bonchev–Trinajstić information content (AvgIpc) is 2.73. The summed E-state index contributed by atoms with van der Waals surface area (Å²) in [5.41, 5.74) is 0.393. The molecule has 1 heterocycles. The van der Waals surface area contributed by atoms with Crippen LogP contribution in [-0.4, -0.2) is 40.9 Å². The van der Waals surface area contributed by atoms with Crippen molar-refractivity contribution in [3.05, 3.63) is 28.8 Å². The molecule has 2 rings (SSSR count). The molecule has 4 nitrogen and oxygen atoms in total. The largest absolute Gasteiger partial charge is 0.496 e. The minimum atomic E-state index is -0.319. The summed E-state index contributed by atoms with van der Waals surface area (Å²) in [7, 11) is 1.53. The number of amidine groups is 1. The zero-order valence-corrected chi connectivity index (χ0v) is 14.9. The third kappa shape index (κ3) is 3.96. The molecule has 0 atom stereocenters. The SMILES string of the molecule is CCCN1CC(C)(C)S/C1=N\C(=O)c1cc(Cl)ccc1OC. The van der Waals surface area contributed by atoms with Crippen molar-refractivity contribution in [2.45, 2.75) is 31.9 Å². The van der Waals surface area contributed by atoms with E-state index in [0.29, 0.717) is 16.3 Å². The first-order valence-corrected chi connectivity index (χ1v) is 8.46. The first kappa shape index (κ1) is 17.2. The Hall–Kier alpha value is -1.20. The van der Waals surface area contributed by atoms with Crippen molar-refractivity contribution in [2.75, 3.05) is 20.2 Å². The summed E-state index contributed by atoms with van der Waals surface area (Å²) < 4.78 is 5.29. The highest BCUT2D eigenvalue weighted by atomic mass is 35.5. The second kappa shape index (κ2) is 6.92. The van der Waals surface area contributed by atoms with E-state index in [9.17, 15) is 4.79 Å². The number of carbonyl (C=O) groups excluding carboxylic acids is 1. The van der Waals surface area contributed by atoms with Crippen LogP contribution < -0.4 is 4.74 Å². The van der Waals surface area contributed by atoms with Crippen molar-refractivity contribution in [2.24, 2.45) is 4.99 Å². The van der Waals surface area contributed by atoms with E-state index in [1.807, 2.05) is 0 Å². The summed E-state index contributed by atoms with van der Waals surface area (Å²) in [4.78, 5) is 19.0. The maximum atomic E-state index is 12.5. The van der Waals surface area contributed by atoms with Crippen LogP contribution >= 0.6 is 23.4 Å². The third-order valence-corrected chi connectivity index (χ3v) is 4.74. The number of hydrogen-bond donors (Lipinski definition) is 0. The second-order valence-electron chi connectivity index (χ2n) is 5.83. The molecule has 0 spiro atoms. The van der Waals surface area contributed by atoms with Crippen LogP contribution in [0.4, 0.5) is 0 Å². The van der Waals surface area contributed by atoms with Gasteiger partial charge in [0.15, 0.2) is 5.17 Å². The second-order valence-corrected chi connectivity index (χ2v) is 7.94. The van der Waals surface area contributed by atoms with Crippen LogP contribution in [-0.2, 0) is 0 Å². The number of thioether (sulfide) groups is 1. The lowest BCUT2D eigenvalue weighted by Gasteiger charge is -2.18. The van der Waals surface area contributed by atoms with Crippen molar-refractivity contribution in [3.63, 3.8) is 0 Å². The normalized spacial score (nSPS) is 18.8. The number of hydrogen-bond acceptors (Lipinski definition) is 3. The zero-order valence-electron chi connectivity index (χ0n) is 13.4. The summed E-state index contributed by atoms with van der Waals surface area (Å²) >= 11 is 7.62. The number of benzene rings is 1. The van der Waals surface area contributed by atoms with Crippen LogP contribution in [0.5, 0.6) is 5.75 Å². The van der Waals surface area contributed by atoms with Gasteiger partial charge in [0.25, 0.3) is 5.91 Å². The van der Waals surface area contributed by atoms with E-state index < -0.39 is 0 Å². The van der Waals surface area contributed by atoms with E-state index in [-0.39, 0.29) is 10.7 Å². The highest BCUT2D eigenvalue weighted by Crippen LogP contribution is 2.36. The van der Waals surface area contributed by atoms with Crippen LogP contribution in [0.1, 0.15) is 37.6 Å². The van der Waals surface area contributed by atoms with E-state index in [1.54, 1.807) is 30.0 Å². The Morgan fingerprint density at radius 3 is 2.86 bits per heavy atom. The van der Waals surface area contributed by atoms with Gasteiger partial charge >= 0.3 is 0 Å². The summed E-state index contributed by atoms with van der Waals surface area (Å²) in [6, 6.07) is 4.98. The minimum absolute atomic E-state index is 0.0622. The molecule has 1 aliphatic heterocycles.